The summed E-state index contributed by atoms with van der Waals surface area (Å²) in [5, 5.41) is 12.0. The molecule has 1 aromatic heterocycles. The molecule has 23 heavy (non-hydrogen) atoms. The van der Waals surface area contributed by atoms with Gasteiger partial charge in [0.15, 0.2) is 11.6 Å². The molecule has 1 aromatic carbocycles. The molecule has 0 aliphatic carbocycles. The summed E-state index contributed by atoms with van der Waals surface area (Å²) in [4.78, 5) is 27.6. The number of anilines is 1. The number of rotatable bonds is 2. The number of sulfonamides is 1. The number of carbonyl (C=O) groups excluding carboxylic acids is 2. The number of nitrogens with zero attached hydrogens (tertiary/aromatic N) is 2. The lowest BCUT2D eigenvalue weighted by atomic mass is 10.1. The maximum atomic E-state index is 12.2. The summed E-state index contributed by atoms with van der Waals surface area (Å²) in [6.45, 7) is 0. The maximum Gasteiger partial charge on any atom is 0.268 e. The normalized spacial score (nSPS) is 15.3. The first-order valence-corrected chi connectivity index (χ1v) is 7.89. The number of hydrogen-bond acceptors (Lipinski definition) is 6. The number of pyridine rings is 1. The SMILES string of the molecule is CN1C(=O)c2ccc(C(=O)Nc3ncccc3O)cc2S1(=O)=O. The second-order valence-electron chi connectivity index (χ2n) is 4.81. The van der Waals surface area contributed by atoms with E-state index in [1.54, 1.807) is 0 Å². The van der Waals surface area contributed by atoms with Crippen molar-refractivity contribution in [3.8, 4) is 5.75 Å². The summed E-state index contributed by atoms with van der Waals surface area (Å²) >= 11 is 0. The van der Waals surface area contributed by atoms with Crippen LogP contribution in [-0.4, -0.2) is 41.7 Å². The van der Waals surface area contributed by atoms with Gasteiger partial charge in [-0.1, -0.05) is 0 Å². The maximum absolute atomic E-state index is 12.2. The highest BCUT2D eigenvalue weighted by Gasteiger charge is 2.38. The average molecular weight is 333 g/mol. The lowest BCUT2D eigenvalue weighted by Crippen LogP contribution is -2.24. The molecule has 0 atom stereocenters. The summed E-state index contributed by atoms with van der Waals surface area (Å²) < 4.78 is 24.8. The molecular formula is C14H11N3O5S. The van der Waals surface area contributed by atoms with Crippen molar-refractivity contribution in [2.45, 2.75) is 4.90 Å². The fourth-order valence-electron chi connectivity index (χ4n) is 2.15. The molecule has 2 N–H and O–H groups in total. The van der Waals surface area contributed by atoms with Crippen molar-refractivity contribution >= 4 is 27.7 Å². The summed E-state index contributed by atoms with van der Waals surface area (Å²) in [5.74, 6) is -1.56. The minimum Gasteiger partial charge on any atom is -0.504 e. The Hall–Kier alpha value is -2.94. The van der Waals surface area contributed by atoms with E-state index < -0.39 is 21.8 Å². The van der Waals surface area contributed by atoms with Crippen molar-refractivity contribution in [2.75, 3.05) is 12.4 Å². The molecule has 0 radical (unpaired) electrons. The fourth-order valence-corrected chi connectivity index (χ4v) is 3.47. The van der Waals surface area contributed by atoms with Gasteiger partial charge < -0.3 is 10.4 Å². The third kappa shape index (κ3) is 2.30. The van der Waals surface area contributed by atoms with Crippen LogP contribution in [0.15, 0.2) is 41.4 Å². The molecule has 0 saturated heterocycles. The Kier molecular flexibility index (Phi) is 3.29. The van der Waals surface area contributed by atoms with Crippen LogP contribution < -0.4 is 5.32 Å². The Labute approximate surface area is 131 Å². The minimum absolute atomic E-state index is 0.0183. The van der Waals surface area contributed by atoms with Gasteiger partial charge in [-0.15, -0.1) is 0 Å². The zero-order valence-electron chi connectivity index (χ0n) is 11.8. The van der Waals surface area contributed by atoms with E-state index in [9.17, 15) is 23.1 Å². The molecule has 0 spiro atoms. The van der Waals surface area contributed by atoms with E-state index in [-0.39, 0.29) is 27.6 Å². The molecular weight excluding hydrogens is 322 g/mol. The number of carbonyl (C=O) groups is 2. The highest BCUT2D eigenvalue weighted by molar-refractivity contribution is 7.90. The van der Waals surface area contributed by atoms with Gasteiger partial charge in [-0.25, -0.2) is 17.7 Å². The van der Waals surface area contributed by atoms with Crippen molar-refractivity contribution in [3.05, 3.63) is 47.7 Å². The summed E-state index contributed by atoms with van der Waals surface area (Å²) in [6, 6.07) is 6.59. The van der Waals surface area contributed by atoms with Crippen LogP contribution in [0.1, 0.15) is 20.7 Å². The van der Waals surface area contributed by atoms with Gasteiger partial charge in [-0.3, -0.25) is 9.59 Å². The van der Waals surface area contributed by atoms with Gasteiger partial charge >= 0.3 is 0 Å². The van der Waals surface area contributed by atoms with Crippen LogP contribution in [0.2, 0.25) is 0 Å². The molecule has 2 amide bonds. The fraction of sp³-hybridized carbons (Fsp3) is 0.0714. The van der Waals surface area contributed by atoms with Gasteiger partial charge in [0, 0.05) is 18.8 Å². The van der Waals surface area contributed by atoms with Crippen molar-refractivity contribution in [2.24, 2.45) is 0 Å². The molecule has 8 nitrogen and oxygen atoms in total. The quantitative estimate of drug-likeness (QED) is 0.840. The summed E-state index contributed by atoms with van der Waals surface area (Å²) in [6.07, 6.45) is 1.39. The smallest absolute Gasteiger partial charge is 0.268 e. The van der Waals surface area contributed by atoms with E-state index in [1.807, 2.05) is 0 Å². The lowest BCUT2D eigenvalue weighted by Gasteiger charge is -2.07. The number of amides is 2. The van der Waals surface area contributed by atoms with Crippen LogP contribution in [-0.2, 0) is 10.0 Å². The van der Waals surface area contributed by atoms with Gasteiger partial charge in [0.05, 0.1) is 5.56 Å². The Morgan fingerprint density at radius 2 is 2.04 bits per heavy atom. The first-order valence-electron chi connectivity index (χ1n) is 6.45. The van der Waals surface area contributed by atoms with Crippen molar-refractivity contribution in [3.63, 3.8) is 0 Å². The molecule has 0 fully saturated rings. The van der Waals surface area contributed by atoms with E-state index in [0.29, 0.717) is 4.31 Å². The minimum atomic E-state index is -3.93. The van der Waals surface area contributed by atoms with Gasteiger partial charge in [-0.05, 0) is 30.3 Å². The third-order valence-electron chi connectivity index (χ3n) is 3.42. The molecule has 0 saturated carbocycles. The molecule has 3 rings (SSSR count). The van der Waals surface area contributed by atoms with Crippen LogP contribution >= 0.6 is 0 Å². The number of aromatic nitrogens is 1. The zero-order chi connectivity index (χ0) is 16.8. The number of benzene rings is 1. The van der Waals surface area contributed by atoms with Crippen LogP contribution in [0.5, 0.6) is 5.75 Å². The number of hydrogen-bond donors (Lipinski definition) is 2. The number of nitrogens with one attached hydrogen (secondary N) is 1. The molecule has 1 aliphatic rings. The zero-order valence-corrected chi connectivity index (χ0v) is 12.7. The molecule has 118 valence electrons. The first kappa shape index (κ1) is 15.0. The number of fused-ring (bicyclic) bond motifs is 1. The second kappa shape index (κ2) is 5.06. The average Bonchev–Trinajstić information content (AvgIpc) is 2.70. The van der Waals surface area contributed by atoms with Gasteiger partial charge in [0.2, 0.25) is 0 Å². The lowest BCUT2D eigenvalue weighted by molar-refractivity contribution is 0.0890. The van der Waals surface area contributed by atoms with Gasteiger partial charge in [-0.2, -0.15) is 0 Å². The molecule has 2 heterocycles. The molecule has 0 unspecified atom stereocenters. The third-order valence-corrected chi connectivity index (χ3v) is 5.20. The Balaban J connectivity index is 1.98. The second-order valence-corrected chi connectivity index (χ2v) is 6.75. The van der Waals surface area contributed by atoms with Crippen molar-refractivity contribution in [1.29, 1.82) is 0 Å². The summed E-state index contributed by atoms with van der Waals surface area (Å²) in [7, 11) is -2.78. The van der Waals surface area contributed by atoms with E-state index in [2.05, 4.69) is 10.3 Å². The predicted molar refractivity (Wildman–Crippen MR) is 79.6 cm³/mol. The van der Waals surface area contributed by atoms with Crippen LogP contribution in [0.3, 0.4) is 0 Å². The largest absolute Gasteiger partial charge is 0.504 e. The highest BCUT2D eigenvalue weighted by atomic mass is 32.2. The Morgan fingerprint density at radius 3 is 2.74 bits per heavy atom. The standard InChI is InChI=1S/C14H11N3O5S/c1-17-14(20)9-5-4-8(7-11(9)23(17,21)22)13(19)16-12-10(18)3-2-6-15-12/h2-7,18H,1H3,(H,15,16,19). The van der Waals surface area contributed by atoms with E-state index in [4.69, 9.17) is 0 Å². The molecule has 1 aliphatic heterocycles. The van der Waals surface area contributed by atoms with E-state index in [0.717, 1.165) is 13.1 Å². The predicted octanol–water partition coefficient (Wildman–Crippen LogP) is 0.814. The topological polar surface area (TPSA) is 117 Å². The number of aromatic hydroxyl groups is 1. The summed E-state index contributed by atoms with van der Waals surface area (Å²) in [5.41, 5.74) is 0.0465. The molecule has 9 heteroatoms. The van der Waals surface area contributed by atoms with E-state index in [1.165, 1.54) is 30.5 Å². The van der Waals surface area contributed by atoms with Crippen LogP contribution in [0.4, 0.5) is 5.82 Å². The van der Waals surface area contributed by atoms with Crippen LogP contribution in [0.25, 0.3) is 0 Å². The monoisotopic (exact) mass is 333 g/mol. The Morgan fingerprint density at radius 1 is 1.30 bits per heavy atom. The first-order chi connectivity index (χ1) is 10.8. The van der Waals surface area contributed by atoms with Crippen LogP contribution in [0, 0.1) is 0 Å². The van der Waals surface area contributed by atoms with Gasteiger partial charge in [0.25, 0.3) is 21.8 Å². The highest BCUT2D eigenvalue weighted by Crippen LogP contribution is 2.30. The van der Waals surface area contributed by atoms with E-state index >= 15 is 0 Å². The molecule has 2 aromatic rings. The molecule has 0 bridgehead atoms. The Bertz CT molecular complexity index is 939. The van der Waals surface area contributed by atoms with Crippen molar-refractivity contribution < 1.29 is 23.1 Å². The van der Waals surface area contributed by atoms with Gasteiger partial charge in [0.1, 0.15) is 4.90 Å². The van der Waals surface area contributed by atoms with Crippen molar-refractivity contribution in [1.82, 2.24) is 9.29 Å².